The number of piperazine rings is 1. The van der Waals surface area contributed by atoms with E-state index in [2.05, 4.69) is 56.9 Å². The number of rotatable bonds is 3. The zero-order valence-electron chi connectivity index (χ0n) is 15.3. The first-order chi connectivity index (χ1) is 11.5. The Labute approximate surface area is 177 Å². The van der Waals surface area contributed by atoms with Crippen LogP contribution in [0.4, 0.5) is 0 Å². The molecule has 7 heteroatoms. The van der Waals surface area contributed by atoms with Gasteiger partial charge in [-0.1, -0.05) is 34.5 Å². The summed E-state index contributed by atoms with van der Waals surface area (Å²) in [4.78, 5) is 17.3. The third kappa shape index (κ3) is 5.83. The molecule has 148 valence electrons. The van der Waals surface area contributed by atoms with Gasteiger partial charge in [0, 0.05) is 48.7 Å². The molecule has 3 atom stereocenters. The van der Waals surface area contributed by atoms with Crippen molar-refractivity contribution in [1.29, 1.82) is 0 Å². The summed E-state index contributed by atoms with van der Waals surface area (Å²) in [6, 6.07) is 9.14. The van der Waals surface area contributed by atoms with Crippen molar-refractivity contribution in [2.75, 3.05) is 26.2 Å². The lowest BCUT2D eigenvalue weighted by molar-refractivity contribution is -0.138. The Bertz CT molecular complexity index is 564. The molecule has 1 saturated carbocycles. The Morgan fingerprint density at radius 2 is 1.73 bits per heavy atom. The van der Waals surface area contributed by atoms with Crippen molar-refractivity contribution in [2.24, 2.45) is 11.7 Å². The number of carbonyl (C=O) groups is 1. The van der Waals surface area contributed by atoms with Crippen LogP contribution in [0.1, 0.15) is 44.2 Å². The molecule has 1 aliphatic carbocycles. The number of hydrogen-bond donors (Lipinski definition) is 1. The molecule has 3 unspecified atom stereocenters. The minimum absolute atomic E-state index is 0. The first-order valence-corrected chi connectivity index (χ1v) is 9.88. The summed E-state index contributed by atoms with van der Waals surface area (Å²) < 4.78 is 1.11. The Balaban J connectivity index is 0.00000169. The van der Waals surface area contributed by atoms with Crippen molar-refractivity contribution < 1.29 is 4.79 Å². The van der Waals surface area contributed by atoms with Crippen LogP contribution < -0.4 is 5.73 Å². The number of hydrogen-bond acceptors (Lipinski definition) is 3. The van der Waals surface area contributed by atoms with Gasteiger partial charge in [0.25, 0.3) is 0 Å². The number of benzene rings is 1. The minimum Gasteiger partial charge on any atom is -0.340 e. The van der Waals surface area contributed by atoms with Crippen LogP contribution in [-0.2, 0) is 4.79 Å². The number of halogens is 3. The second-order valence-corrected chi connectivity index (χ2v) is 8.13. The summed E-state index contributed by atoms with van der Waals surface area (Å²) in [5.41, 5.74) is 7.38. The number of amides is 1. The standard InChI is InChI=1S/C19H28BrN3O.2ClH/c1-14(15-5-7-17(20)8-6-15)22-9-11-23(12-10-22)19(24)16-3-2-4-18(21)13-16;;/h5-8,14,16,18H,2-4,9-13,21H2,1H3;2*1H. The molecule has 3 rings (SSSR count). The van der Waals surface area contributed by atoms with Gasteiger partial charge in [-0.3, -0.25) is 9.69 Å². The van der Waals surface area contributed by atoms with Crippen molar-refractivity contribution in [1.82, 2.24) is 9.80 Å². The molecule has 1 aliphatic heterocycles. The van der Waals surface area contributed by atoms with E-state index in [0.29, 0.717) is 11.9 Å². The molecule has 1 amide bonds. The van der Waals surface area contributed by atoms with E-state index in [0.717, 1.165) is 56.3 Å². The SMILES string of the molecule is CC(c1ccc(Br)cc1)N1CCN(C(=O)C2CCCC(N)C2)CC1.Cl.Cl. The third-order valence-corrected chi connectivity index (χ3v) is 6.12. The summed E-state index contributed by atoms with van der Waals surface area (Å²) in [6.45, 7) is 5.82. The van der Waals surface area contributed by atoms with Gasteiger partial charge in [-0.15, -0.1) is 24.8 Å². The zero-order chi connectivity index (χ0) is 17.1. The Morgan fingerprint density at radius 3 is 2.31 bits per heavy atom. The second kappa shape index (κ2) is 10.9. The average Bonchev–Trinajstić information content (AvgIpc) is 2.61. The van der Waals surface area contributed by atoms with Crippen LogP contribution in [0.5, 0.6) is 0 Å². The molecular formula is C19H30BrCl2N3O. The van der Waals surface area contributed by atoms with Crippen molar-refractivity contribution in [3.05, 3.63) is 34.3 Å². The second-order valence-electron chi connectivity index (χ2n) is 7.21. The van der Waals surface area contributed by atoms with Crippen molar-refractivity contribution in [2.45, 2.75) is 44.7 Å². The molecule has 2 fully saturated rings. The van der Waals surface area contributed by atoms with Crippen molar-refractivity contribution >= 4 is 46.7 Å². The normalized spacial score (nSPS) is 25.0. The molecule has 26 heavy (non-hydrogen) atoms. The summed E-state index contributed by atoms with van der Waals surface area (Å²) >= 11 is 3.49. The molecule has 2 aliphatic rings. The molecule has 1 heterocycles. The van der Waals surface area contributed by atoms with E-state index < -0.39 is 0 Å². The predicted octanol–water partition coefficient (Wildman–Crippen LogP) is 4.02. The van der Waals surface area contributed by atoms with Crippen LogP contribution in [0, 0.1) is 5.92 Å². The molecule has 1 aromatic carbocycles. The highest BCUT2D eigenvalue weighted by atomic mass is 79.9. The fourth-order valence-corrected chi connectivity index (χ4v) is 4.26. The lowest BCUT2D eigenvalue weighted by atomic mass is 9.85. The first-order valence-electron chi connectivity index (χ1n) is 9.08. The van der Waals surface area contributed by atoms with E-state index in [9.17, 15) is 4.79 Å². The van der Waals surface area contributed by atoms with Gasteiger partial charge in [0.05, 0.1) is 0 Å². The maximum Gasteiger partial charge on any atom is 0.225 e. The Hall–Kier alpha value is -0.330. The smallest absolute Gasteiger partial charge is 0.225 e. The molecule has 2 N–H and O–H groups in total. The fraction of sp³-hybridized carbons (Fsp3) is 0.632. The monoisotopic (exact) mass is 465 g/mol. The number of nitrogens with zero attached hydrogens (tertiary/aromatic N) is 2. The molecular weight excluding hydrogens is 437 g/mol. The van der Waals surface area contributed by atoms with Crippen molar-refractivity contribution in [3.63, 3.8) is 0 Å². The van der Waals surface area contributed by atoms with Gasteiger partial charge in [0.2, 0.25) is 5.91 Å². The first kappa shape index (κ1) is 23.7. The largest absolute Gasteiger partial charge is 0.340 e. The predicted molar refractivity (Wildman–Crippen MR) is 115 cm³/mol. The quantitative estimate of drug-likeness (QED) is 0.731. The van der Waals surface area contributed by atoms with Gasteiger partial charge in [0.15, 0.2) is 0 Å². The van der Waals surface area contributed by atoms with Crippen LogP contribution in [0.25, 0.3) is 0 Å². The third-order valence-electron chi connectivity index (χ3n) is 5.59. The van der Waals surface area contributed by atoms with Gasteiger partial charge < -0.3 is 10.6 Å². The minimum atomic E-state index is 0. The number of carbonyl (C=O) groups excluding carboxylic acids is 1. The molecule has 1 saturated heterocycles. The van der Waals surface area contributed by atoms with E-state index in [4.69, 9.17) is 5.73 Å². The van der Waals surface area contributed by atoms with Gasteiger partial charge >= 0.3 is 0 Å². The lowest BCUT2D eigenvalue weighted by Gasteiger charge is -2.40. The van der Waals surface area contributed by atoms with Crippen LogP contribution in [0.3, 0.4) is 0 Å². The maximum absolute atomic E-state index is 12.7. The molecule has 1 aromatic rings. The van der Waals surface area contributed by atoms with Crippen LogP contribution in [-0.4, -0.2) is 47.9 Å². The van der Waals surface area contributed by atoms with Gasteiger partial charge in [-0.05, 0) is 43.9 Å². The van der Waals surface area contributed by atoms with Gasteiger partial charge in [0.1, 0.15) is 0 Å². The Morgan fingerprint density at radius 1 is 1.12 bits per heavy atom. The van der Waals surface area contributed by atoms with Crippen molar-refractivity contribution in [3.8, 4) is 0 Å². The van der Waals surface area contributed by atoms with E-state index in [-0.39, 0.29) is 36.8 Å². The average molecular weight is 467 g/mol. The zero-order valence-corrected chi connectivity index (χ0v) is 18.5. The van der Waals surface area contributed by atoms with Crippen LogP contribution in [0.2, 0.25) is 0 Å². The van der Waals surface area contributed by atoms with E-state index in [1.807, 2.05) is 0 Å². The maximum atomic E-state index is 12.7. The summed E-state index contributed by atoms with van der Waals surface area (Å²) in [5.74, 6) is 0.491. The van der Waals surface area contributed by atoms with E-state index in [1.165, 1.54) is 5.56 Å². The van der Waals surface area contributed by atoms with Gasteiger partial charge in [-0.25, -0.2) is 0 Å². The van der Waals surface area contributed by atoms with Crippen LogP contribution in [0.15, 0.2) is 28.7 Å². The molecule has 0 bridgehead atoms. The van der Waals surface area contributed by atoms with E-state index >= 15 is 0 Å². The molecule has 0 radical (unpaired) electrons. The topological polar surface area (TPSA) is 49.6 Å². The highest BCUT2D eigenvalue weighted by Gasteiger charge is 2.31. The van der Waals surface area contributed by atoms with Gasteiger partial charge in [-0.2, -0.15) is 0 Å². The number of nitrogens with two attached hydrogens (primary N) is 1. The Kier molecular flexibility index (Phi) is 9.91. The highest BCUT2D eigenvalue weighted by molar-refractivity contribution is 9.10. The molecule has 0 spiro atoms. The summed E-state index contributed by atoms with van der Waals surface area (Å²) in [5, 5.41) is 0. The van der Waals surface area contributed by atoms with E-state index in [1.54, 1.807) is 0 Å². The highest BCUT2D eigenvalue weighted by Crippen LogP contribution is 2.27. The lowest BCUT2D eigenvalue weighted by Crippen LogP contribution is -2.51. The van der Waals surface area contributed by atoms with Crippen LogP contribution >= 0.6 is 40.7 Å². The summed E-state index contributed by atoms with van der Waals surface area (Å²) in [7, 11) is 0. The molecule has 4 nitrogen and oxygen atoms in total. The molecule has 0 aromatic heterocycles. The fourth-order valence-electron chi connectivity index (χ4n) is 3.99. The summed E-state index contributed by atoms with van der Waals surface area (Å²) in [6.07, 6.45) is 4.05.